The maximum Gasteiger partial charge on any atom is 0.387 e. The molecule has 1 heterocycles. The Morgan fingerprint density at radius 1 is 1.22 bits per heavy atom. The minimum absolute atomic E-state index is 0.00244. The molecule has 0 atom stereocenters. The number of aryl methyl sites for hydroxylation is 1. The summed E-state index contributed by atoms with van der Waals surface area (Å²) in [6.07, 6.45) is 0. The van der Waals surface area contributed by atoms with E-state index in [1.54, 1.807) is 32.0 Å². The molecule has 0 N–H and O–H groups in total. The summed E-state index contributed by atoms with van der Waals surface area (Å²) in [4.78, 5) is 13.6. The number of benzene rings is 1. The Morgan fingerprint density at radius 2 is 1.96 bits per heavy atom. The van der Waals surface area contributed by atoms with E-state index in [9.17, 15) is 13.6 Å². The van der Waals surface area contributed by atoms with Crippen LogP contribution in [-0.2, 0) is 17.8 Å². The van der Waals surface area contributed by atoms with Gasteiger partial charge in [0, 0.05) is 6.54 Å². The largest absolute Gasteiger partial charge is 0.490 e. The van der Waals surface area contributed by atoms with E-state index >= 15 is 0 Å². The number of rotatable bonds is 9. The summed E-state index contributed by atoms with van der Waals surface area (Å²) in [5.74, 6) is 0.949. The lowest BCUT2D eigenvalue weighted by atomic mass is 10.2. The molecule has 2 rings (SSSR count). The molecule has 0 aliphatic rings. The van der Waals surface area contributed by atoms with Crippen molar-refractivity contribution in [2.75, 3.05) is 20.8 Å². The third-order valence-corrected chi connectivity index (χ3v) is 3.78. The number of nitrogens with zero attached hydrogens (tertiary/aromatic N) is 1. The first-order valence-electron chi connectivity index (χ1n) is 8.40. The molecule has 8 heteroatoms. The van der Waals surface area contributed by atoms with E-state index in [2.05, 4.69) is 4.74 Å². The summed E-state index contributed by atoms with van der Waals surface area (Å²) < 4.78 is 45.1. The van der Waals surface area contributed by atoms with E-state index in [-0.39, 0.29) is 11.5 Å². The van der Waals surface area contributed by atoms with Crippen LogP contribution in [0.25, 0.3) is 0 Å². The predicted octanol–water partition coefficient (Wildman–Crippen LogP) is 4.01. The van der Waals surface area contributed by atoms with Gasteiger partial charge >= 0.3 is 12.6 Å². The van der Waals surface area contributed by atoms with E-state index in [4.69, 9.17) is 13.9 Å². The maximum absolute atomic E-state index is 12.5. The second kappa shape index (κ2) is 9.36. The highest BCUT2D eigenvalue weighted by molar-refractivity contribution is 5.90. The zero-order valence-electron chi connectivity index (χ0n) is 15.8. The number of carbonyl (C=O) groups excluding carboxylic acids is 1. The van der Waals surface area contributed by atoms with Crippen molar-refractivity contribution in [1.29, 1.82) is 0 Å². The molecule has 2 aromatic rings. The van der Waals surface area contributed by atoms with Crippen molar-refractivity contribution in [2.24, 2.45) is 0 Å². The molecule has 0 saturated carbocycles. The minimum Gasteiger partial charge on any atom is -0.490 e. The first kappa shape index (κ1) is 20.7. The summed E-state index contributed by atoms with van der Waals surface area (Å²) in [7, 11) is 3.19. The van der Waals surface area contributed by atoms with Crippen LogP contribution in [0.2, 0.25) is 0 Å². The molecule has 0 fully saturated rings. The van der Waals surface area contributed by atoms with Gasteiger partial charge in [-0.05, 0) is 44.7 Å². The number of furan rings is 1. The fourth-order valence-corrected chi connectivity index (χ4v) is 2.68. The third kappa shape index (κ3) is 5.68. The van der Waals surface area contributed by atoms with Crippen molar-refractivity contribution in [2.45, 2.75) is 33.5 Å². The molecular weight excluding hydrogens is 360 g/mol. The highest BCUT2D eigenvalue weighted by Gasteiger charge is 2.17. The Labute approximate surface area is 156 Å². The molecule has 0 saturated heterocycles. The number of halogens is 2. The standard InChI is InChI=1S/C19H23F2NO5/c1-5-25-17-8-13(6-7-16(17)27-19(20)21)10-22(3)11-14-9-15(12(2)26-14)18(23)24-4/h6-9,19H,5,10-11H2,1-4H3. The molecule has 0 radical (unpaired) electrons. The van der Waals surface area contributed by atoms with Gasteiger partial charge in [0.15, 0.2) is 11.5 Å². The minimum atomic E-state index is -2.91. The van der Waals surface area contributed by atoms with Gasteiger partial charge in [-0.3, -0.25) is 4.90 Å². The van der Waals surface area contributed by atoms with E-state index in [1.807, 2.05) is 11.9 Å². The van der Waals surface area contributed by atoms with Gasteiger partial charge in [0.25, 0.3) is 0 Å². The van der Waals surface area contributed by atoms with Gasteiger partial charge in [0.2, 0.25) is 0 Å². The van der Waals surface area contributed by atoms with Crippen LogP contribution < -0.4 is 9.47 Å². The predicted molar refractivity (Wildman–Crippen MR) is 94.2 cm³/mol. The Kier molecular flexibility index (Phi) is 7.18. The van der Waals surface area contributed by atoms with Crippen LogP contribution in [0, 0.1) is 6.92 Å². The molecule has 6 nitrogen and oxygen atoms in total. The van der Waals surface area contributed by atoms with E-state index in [0.29, 0.717) is 36.8 Å². The molecule has 1 aromatic carbocycles. The molecule has 0 bridgehead atoms. The van der Waals surface area contributed by atoms with Crippen LogP contribution in [0.3, 0.4) is 0 Å². The van der Waals surface area contributed by atoms with Gasteiger partial charge in [-0.2, -0.15) is 8.78 Å². The van der Waals surface area contributed by atoms with Crippen molar-refractivity contribution < 1.29 is 32.2 Å². The van der Waals surface area contributed by atoms with Crippen LogP contribution in [0.4, 0.5) is 8.78 Å². The number of ether oxygens (including phenoxy) is 3. The Bertz CT molecular complexity index is 775. The summed E-state index contributed by atoms with van der Waals surface area (Å²) in [6, 6.07) is 6.49. The molecule has 0 aliphatic heterocycles. The van der Waals surface area contributed by atoms with Crippen LogP contribution in [0.15, 0.2) is 28.7 Å². The van der Waals surface area contributed by atoms with E-state index in [1.165, 1.54) is 13.2 Å². The number of hydrogen-bond acceptors (Lipinski definition) is 6. The van der Waals surface area contributed by atoms with Gasteiger partial charge < -0.3 is 18.6 Å². The van der Waals surface area contributed by atoms with E-state index in [0.717, 1.165) is 5.56 Å². The monoisotopic (exact) mass is 383 g/mol. The Morgan fingerprint density at radius 3 is 2.59 bits per heavy atom. The van der Waals surface area contributed by atoms with Crippen molar-refractivity contribution in [1.82, 2.24) is 4.90 Å². The maximum atomic E-state index is 12.5. The summed E-state index contributed by atoms with van der Waals surface area (Å²) in [5.41, 5.74) is 1.26. The third-order valence-electron chi connectivity index (χ3n) is 3.78. The van der Waals surface area contributed by atoms with Gasteiger partial charge in [0.1, 0.15) is 17.1 Å². The number of alkyl halides is 2. The van der Waals surface area contributed by atoms with Crippen LogP contribution in [-0.4, -0.2) is 38.2 Å². The molecule has 0 aliphatic carbocycles. The quantitative estimate of drug-likeness (QED) is 0.610. The number of esters is 1. The second-order valence-electron chi connectivity index (χ2n) is 5.94. The van der Waals surface area contributed by atoms with Crippen LogP contribution in [0.1, 0.15) is 34.4 Å². The summed E-state index contributed by atoms with van der Waals surface area (Å²) in [5, 5.41) is 0. The average Bonchev–Trinajstić information content (AvgIpc) is 2.96. The number of carbonyl (C=O) groups is 1. The number of methoxy groups -OCH3 is 1. The van der Waals surface area contributed by atoms with Gasteiger partial charge in [-0.25, -0.2) is 4.79 Å². The first-order valence-corrected chi connectivity index (χ1v) is 8.40. The fourth-order valence-electron chi connectivity index (χ4n) is 2.68. The molecule has 1 aromatic heterocycles. The molecule has 0 unspecified atom stereocenters. The molecule has 0 amide bonds. The second-order valence-corrected chi connectivity index (χ2v) is 5.94. The molecular formula is C19H23F2NO5. The number of hydrogen-bond donors (Lipinski definition) is 0. The van der Waals surface area contributed by atoms with Crippen molar-refractivity contribution in [3.63, 3.8) is 0 Å². The lowest BCUT2D eigenvalue weighted by Crippen LogP contribution is -2.17. The lowest BCUT2D eigenvalue weighted by Gasteiger charge is -2.17. The van der Waals surface area contributed by atoms with Gasteiger partial charge in [0.05, 0.1) is 20.3 Å². The smallest absolute Gasteiger partial charge is 0.387 e. The van der Waals surface area contributed by atoms with Crippen molar-refractivity contribution >= 4 is 5.97 Å². The van der Waals surface area contributed by atoms with Crippen molar-refractivity contribution in [3.8, 4) is 11.5 Å². The molecule has 148 valence electrons. The Balaban J connectivity index is 2.07. The normalized spacial score (nSPS) is 11.1. The van der Waals surface area contributed by atoms with Gasteiger partial charge in [-0.15, -0.1) is 0 Å². The topological polar surface area (TPSA) is 61.1 Å². The Hall–Kier alpha value is -2.61. The SMILES string of the molecule is CCOc1cc(CN(C)Cc2cc(C(=O)OC)c(C)o2)ccc1OC(F)F. The van der Waals surface area contributed by atoms with E-state index < -0.39 is 12.6 Å². The molecule has 0 spiro atoms. The first-order chi connectivity index (χ1) is 12.8. The summed E-state index contributed by atoms with van der Waals surface area (Å²) in [6.45, 7) is 1.86. The summed E-state index contributed by atoms with van der Waals surface area (Å²) >= 11 is 0. The zero-order chi connectivity index (χ0) is 20.0. The van der Waals surface area contributed by atoms with Crippen molar-refractivity contribution in [3.05, 3.63) is 46.9 Å². The highest BCUT2D eigenvalue weighted by Crippen LogP contribution is 2.30. The zero-order valence-corrected chi connectivity index (χ0v) is 15.8. The van der Waals surface area contributed by atoms with Gasteiger partial charge in [-0.1, -0.05) is 6.07 Å². The fraction of sp³-hybridized carbons (Fsp3) is 0.421. The molecule has 27 heavy (non-hydrogen) atoms. The average molecular weight is 383 g/mol. The van der Waals surface area contributed by atoms with Crippen LogP contribution >= 0.6 is 0 Å². The van der Waals surface area contributed by atoms with Crippen LogP contribution in [0.5, 0.6) is 11.5 Å². The lowest BCUT2D eigenvalue weighted by molar-refractivity contribution is -0.0514. The highest BCUT2D eigenvalue weighted by atomic mass is 19.3.